The number of esters is 1. The highest BCUT2D eigenvalue weighted by molar-refractivity contribution is 5.96. The molecule has 180 valence electrons. The number of anilines is 2. The highest BCUT2D eigenvalue weighted by Crippen LogP contribution is 2.27. The van der Waals surface area contributed by atoms with Crippen LogP contribution in [0.25, 0.3) is 17.2 Å². The molecule has 0 aliphatic carbocycles. The first kappa shape index (κ1) is 24.2. The van der Waals surface area contributed by atoms with Crippen molar-refractivity contribution in [1.82, 2.24) is 0 Å². The van der Waals surface area contributed by atoms with Gasteiger partial charge in [-0.1, -0.05) is 48.5 Å². The highest BCUT2D eigenvalue weighted by atomic mass is 16.5. The monoisotopic (exact) mass is 470 g/mol. The SMILES string of the molecule is COC(=O)/C=C/c1cccc(N(Cc2ccc(-c3ccc(N(C)C)cc3)cc2)C(=O)C2COC2)c1. The zero-order chi connectivity index (χ0) is 24.8. The lowest BCUT2D eigenvalue weighted by molar-refractivity contribution is -0.136. The van der Waals surface area contributed by atoms with Crippen LogP contribution in [0.4, 0.5) is 11.4 Å². The van der Waals surface area contributed by atoms with Crippen LogP contribution in [0.15, 0.2) is 78.9 Å². The number of methoxy groups -OCH3 is 1. The van der Waals surface area contributed by atoms with Gasteiger partial charge in [-0.15, -0.1) is 0 Å². The highest BCUT2D eigenvalue weighted by Gasteiger charge is 2.31. The molecule has 0 atom stereocenters. The standard InChI is InChI=1S/C29H30N2O4/c1-30(2)26-14-12-24(13-15-26)23-10-7-22(8-11-23)18-31(29(33)25-19-35-20-25)27-6-4-5-21(17-27)9-16-28(32)34-3/h4-17,25H,18-20H2,1-3H3/b16-9+. The van der Waals surface area contributed by atoms with Gasteiger partial charge in [0.1, 0.15) is 0 Å². The Kier molecular flexibility index (Phi) is 7.63. The number of nitrogens with zero attached hydrogens (tertiary/aromatic N) is 2. The smallest absolute Gasteiger partial charge is 0.330 e. The third kappa shape index (κ3) is 5.97. The number of rotatable bonds is 8. The van der Waals surface area contributed by atoms with Crippen LogP contribution in [0, 0.1) is 5.92 Å². The lowest BCUT2D eigenvalue weighted by atomic mass is 10.0. The van der Waals surface area contributed by atoms with E-state index in [0.717, 1.165) is 33.6 Å². The molecule has 6 heteroatoms. The second kappa shape index (κ2) is 11.0. The van der Waals surface area contributed by atoms with E-state index in [-0.39, 0.29) is 11.8 Å². The van der Waals surface area contributed by atoms with Crippen molar-refractivity contribution in [2.75, 3.05) is 44.2 Å². The molecule has 3 aromatic rings. The van der Waals surface area contributed by atoms with E-state index in [4.69, 9.17) is 4.74 Å². The molecule has 1 saturated heterocycles. The van der Waals surface area contributed by atoms with E-state index in [1.54, 1.807) is 11.0 Å². The Balaban J connectivity index is 1.56. The largest absolute Gasteiger partial charge is 0.466 e. The molecule has 0 bridgehead atoms. The quantitative estimate of drug-likeness (QED) is 0.350. The van der Waals surface area contributed by atoms with Crippen LogP contribution in [0.2, 0.25) is 0 Å². The van der Waals surface area contributed by atoms with E-state index >= 15 is 0 Å². The number of benzene rings is 3. The van der Waals surface area contributed by atoms with Crippen LogP contribution in [-0.2, 0) is 25.6 Å². The van der Waals surface area contributed by atoms with Crippen molar-refractivity contribution in [3.05, 3.63) is 90.0 Å². The van der Waals surface area contributed by atoms with Crippen LogP contribution in [0.5, 0.6) is 0 Å². The number of amides is 1. The van der Waals surface area contributed by atoms with E-state index in [1.165, 1.54) is 13.2 Å². The molecule has 0 spiro atoms. The second-order valence-corrected chi connectivity index (χ2v) is 8.75. The van der Waals surface area contributed by atoms with Gasteiger partial charge in [0.15, 0.2) is 0 Å². The van der Waals surface area contributed by atoms with Gasteiger partial charge in [0.05, 0.1) is 32.8 Å². The van der Waals surface area contributed by atoms with Gasteiger partial charge in [0, 0.05) is 31.5 Å². The average molecular weight is 471 g/mol. The topological polar surface area (TPSA) is 59.1 Å². The fourth-order valence-corrected chi connectivity index (χ4v) is 3.86. The van der Waals surface area contributed by atoms with Crippen LogP contribution in [0.3, 0.4) is 0 Å². The summed E-state index contributed by atoms with van der Waals surface area (Å²) in [7, 11) is 5.39. The van der Waals surface area contributed by atoms with Crippen molar-refractivity contribution in [2.45, 2.75) is 6.54 Å². The number of carbonyl (C=O) groups is 2. The summed E-state index contributed by atoms with van der Waals surface area (Å²) in [5, 5.41) is 0. The summed E-state index contributed by atoms with van der Waals surface area (Å²) in [6, 6.07) is 24.3. The van der Waals surface area contributed by atoms with Gasteiger partial charge < -0.3 is 19.3 Å². The molecule has 1 heterocycles. The minimum absolute atomic E-state index is 0.0358. The number of hydrogen-bond acceptors (Lipinski definition) is 5. The summed E-state index contributed by atoms with van der Waals surface area (Å²) in [6.07, 6.45) is 3.05. The maximum atomic E-state index is 13.3. The molecule has 0 N–H and O–H groups in total. The normalized spacial score (nSPS) is 13.3. The molecule has 1 amide bonds. The van der Waals surface area contributed by atoms with E-state index in [2.05, 4.69) is 58.2 Å². The summed E-state index contributed by atoms with van der Waals surface area (Å²) in [4.78, 5) is 28.6. The summed E-state index contributed by atoms with van der Waals surface area (Å²) in [5.41, 5.74) is 6.04. The van der Waals surface area contributed by atoms with Gasteiger partial charge in [-0.05, 0) is 52.6 Å². The molecule has 1 aliphatic rings. The molecular formula is C29H30N2O4. The lowest BCUT2D eigenvalue weighted by Crippen LogP contribution is -2.44. The van der Waals surface area contributed by atoms with Crippen molar-refractivity contribution < 1.29 is 19.1 Å². The Morgan fingerprint density at radius 1 is 0.943 bits per heavy atom. The fourth-order valence-electron chi connectivity index (χ4n) is 3.86. The van der Waals surface area contributed by atoms with Crippen molar-refractivity contribution in [3.63, 3.8) is 0 Å². The molecule has 0 saturated carbocycles. The summed E-state index contributed by atoms with van der Waals surface area (Å²) < 4.78 is 9.94. The predicted octanol–water partition coefficient (Wildman–Crippen LogP) is 4.79. The van der Waals surface area contributed by atoms with Crippen molar-refractivity contribution >= 4 is 29.3 Å². The van der Waals surface area contributed by atoms with Crippen molar-refractivity contribution in [1.29, 1.82) is 0 Å². The molecule has 4 rings (SSSR count). The Labute approximate surface area is 206 Å². The average Bonchev–Trinajstić information content (AvgIpc) is 2.85. The Hall–Kier alpha value is -3.90. The third-order valence-corrected chi connectivity index (χ3v) is 6.06. The third-order valence-electron chi connectivity index (χ3n) is 6.06. The molecule has 0 radical (unpaired) electrons. The molecule has 6 nitrogen and oxygen atoms in total. The Morgan fingerprint density at radius 2 is 1.60 bits per heavy atom. The van der Waals surface area contributed by atoms with Gasteiger partial charge in [-0.3, -0.25) is 4.79 Å². The summed E-state index contributed by atoms with van der Waals surface area (Å²) in [5.74, 6) is -0.529. The molecule has 0 aromatic heterocycles. The van der Waals surface area contributed by atoms with Crippen LogP contribution < -0.4 is 9.80 Å². The zero-order valence-corrected chi connectivity index (χ0v) is 20.3. The lowest BCUT2D eigenvalue weighted by Gasteiger charge is -2.32. The van der Waals surface area contributed by atoms with Crippen LogP contribution in [-0.4, -0.2) is 46.3 Å². The first-order valence-corrected chi connectivity index (χ1v) is 11.6. The first-order valence-electron chi connectivity index (χ1n) is 11.6. The predicted molar refractivity (Wildman–Crippen MR) is 139 cm³/mol. The molecule has 3 aromatic carbocycles. The first-order chi connectivity index (χ1) is 16.9. The van der Waals surface area contributed by atoms with Crippen molar-refractivity contribution in [3.8, 4) is 11.1 Å². The zero-order valence-electron chi connectivity index (χ0n) is 20.3. The molecule has 0 unspecified atom stereocenters. The van der Waals surface area contributed by atoms with Crippen LogP contribution >= 0.6 is 0 Å². The van der Waals surface area contributed by atoms with E-state index < -0.39 is 5.97 Å². The van der Waals surface area contributed by atoms with E-state index in [1.807, 2.05) is 38.4 Å². The Morgan fingerprint density at radius 3 is 2.17 bits per heavy atom. The number of ether oxygens (including phenoxy) is 2. The molecule has 35 heavy (non-hydrogen) atoms. The minimum atomic E-state index is -0.425. The summed E-state index contributed by atoms with van der Waals surface area (Å²) >= 11 is 0. The van der Waals surface area contributed by atoms with Crippen molar-refractivity contribution in [2.24, 2.45) is 5.92 Å². The fraction of sp³-hybridized carbons (Fsp3) is 0.241. The Bertz CT molecular complexity index is 1200. The number of hydrogen-bond donors (Lipinski definition) is 0. The van der Waals surface area contributed by atoms with Gasteiger partial charge in [0.2, 0.25) is 5.91 Å². The number of carbonyl (C=O) groups excluding carboxylic acids is 2. The van der Waals surface area contributed by atoms with Gasteiger partial charge in [-0.25, -0.2) is 4.79 Å². The van der Waals surface area contributed by atoms with Gasteiger partial charge >= 0.3 is 5.97 Å². The van der Waals surface area contributed by atoms with E-state index in [0.29, 0.717) is 19.8 Å². The van der Waals surface area contributed by atoms with Gasteiger partial charge in [0.25, 0.3) is 0 Å². The maximum absolute atomic E-state index is 13.3. The van der Waals surface area contributed by atoms with E-state index in [9.17, 15) is 9.59 Å². The maximum Gasteiger partial charge on any atom is 0.330 e. The molecule has 1 aliphatic heterocycles. The molecular weight excluding hydrogens is 440 g/mol. The minimum Gasteiger partial charge on any atom is -0.466 e. The molecule has 1 fully saturated rings. The van der Waals surface area contributed by atoms with Crippen LogP contribution in [0.1, 0.15) is 11.1 Å². The second-order valence-electron chi connectivity index (χ2n) is 8.75. The van der Waals surface area contributed by atoms with Gasteiger partial charge in [-0.2, -0.15) is 0 Å². The summed E-state index contributed by atoms with van der Waals surface area (Å²) in [6.45, 7) is 1.33.